The third kappa shape index (κ3) is 4.27. The first kappa shape index (κ1) is 18.1. The summed E-state index contributed by atoms with van der Waals surface area (Å²) in [6, 6.07) is 3.82. The maximum absolute atomic E-state index is 12.4. The Bertz CT molecular complexity index is 801. The van der Waals surface area contributed by atoms with E-state index in [1.54, 1.807) is 0 Å². The lowest BCUT2D eigenvalue weighted by Crippen LogP contribution is -2.39. The number of hydrogen-bond donors (Lipinski definition) is 2. The Hall–Kier alpha value is -2.72. The van der Waals surface area contributed by atoms with Crippen molar-refractivity contribution in [3.8, 4) is 0 Å². The van der Waals surface area contributed by atoms with Crippen LogP contribution in [0.3, 0.4) is 0 Å². The molecule has 0 saturated carbocycles. The predicted octanol–water partition coefficient (Wildman–Crippen LogP) is 0.652. The zero-order valence-corrected chi connectivity index (χ0v) is 14.6. The number of carboxylic acids is 1. The van der Waals surface area contributed by atoms with Gasteiger partial charge in [0.2, 0.25) is 5.91 Å². The molecule has 2 aromatic rings. The van der Waals surface area contributed by atoms with Crippen LogP contribution in [0.5, 0.6) is 0 Å². The molecule has 0 bridgehead atoms. The van der Waals surface area contributed by atoms with E-state index in [1.165, 1.54) is 16.2 Å². The number of carbonyl (C=O) groups excluding carboxylic acids is 2. The summed E-state index contributed by atoms with van der Waals surface area (Å²) in [6.07, 6.45) is 0.436. The number of aliphatic carboxylic acids is 1. The minimum Gasteiger partial charge on any atom is -0.480 e. The first-order valence-electron chi connectivity index (χ1n) is 7.90. The van der Waals surface area contributed by atoms with Crippen LogP contribution in [0, 0.1) is 0 Å². The number of hydrogen-bond acceptors (Lipinski definition) is 7. The van der Waals surface area contributed by atoms with Crippen molar-refractivity contribution in [2.75, 3.05) is 19.8 Å². The molecule has 0 aromatic carbocycles. The largest absolute Gasteiger partial charge is 0.480 e. The SMILES string of the molecule is O=C(O)COCC(=O)N1CCc2onc(C(=O)NCc3cccs3)c2C1. The summed E-state index contributed by atoms with van der Waals surface area (Å²) in [6.45, 7) is 0.106. The number of nitrogens with zero attached hydrogens (tertiary/aromatic N) is 2. The Kier molecular flexibility index (Phi) is 5.64. The molecule has 0 aliphatic carbocycles. The van der Waals surface area contributed by atoms with Crippen LogP contribution >= 0.6 is 11.3 Å². The lowest BCUT2D eigenvalue weighted by Gasteiger charge is -2.26. The fourth-order valence-corrected chi connectivity index (χ4v) is 3.23. The fourth-order valence-electron chi connectivity index (χ4n) is 2.58. The first-order chi connectivity index (χ1) is 12.5. The molecule has 10 heteroatoms. The van der Waals surface area contributed by atoms with Crippen LogP contribution in [0.25, 0.3) is 0 Å². The van der Waals surface area contributed by atoms with E-state index in [1.807, 2.05) is 17.5 Å². The minimum absolute atomic E-state index is 0.167. The Morgan fingerprint density at radius 2 is 2.23 bits per heavy atom. The number of thiophene rings is 1. The van der Waals surface area contributed by atoms with Gasteiger partial charge in [0.1, 0.15) is 19.0 Å². The Labute approximate surface area is 152 Å². The van der Waals surface area contributed by atoms with Gasteiger partial charge < -0.3 is 24.6 Å². The molecule has 1 aliphatic rings. The van der Waals surface area contributed by atoms with Gasteiger partial charge in [-0.1, -0.05) is 11.2 Å². The van der Waals surface area contributed by atoms with Gasteiger partial charge in [-0.25, -0.2) is 4.79 Å². The first-order valence-corrected chi connectivity index (χ1v) is 8.78. The van der Waals surface area contributed by atoms with Crippen molar-refractivity contribution in [2.24, 2.45) is 0 Å². The van der Waals surface area contributed by atoms with Gasteiger partial charge in [-0.2, -0.15) is 0 Å². The van der Waals surface area contributed by atoms with Gasteiger partial charge in [-0.3, -0.25) is 9.59 Å². The normalized spacial score (nSPS) is 13.3. The molecule has 0 spiro atoms. The number of carboxylic acid groups (broad SMARTS) is 1. The summed E-state index contributed by atoms with van der Waals surface area (Å²) >= 11 is 1.54. The van der Waals surface area contributed by atoms with Crippen molar-refractivity contribution in [3.05, 3.63) is 39.4 Å². The zero-order valence-electron chi connectivity index (χ0n) is 13.8. The van der Waals surface area contributed by atoms with E-state index in [2.05, 4.69) is 10.5 Å². The van der Waals surface area contributed by atoms with Gasteiger partial charge in [0, 0.05) is 23.4 Å². The minimum atomic E-state index is -1.14. The Balaban J connectivity index is 1.60. The average molecular weight is 379 g/mol. The summed E-state index contributed by atoms with van der Waals surface area (Å²) in [4.78, 5) is 37.5. The smallest absolute Gasteiger partial charge is 0.329 e. The number of carbonyl (C=O) groups is 3. The molecule has 2 aromatic heterocycles. The standard InChI is InChI=1S/C16H17N3O6S/c20-13(8-24-9-14(21)22)19-4-3-12-11(7-19)15(18-25-12)16(23)17-6-10-2-1-5-26-10/h1-2,5H,3-4,6-9H2,(H,17,23)(H,21,22). The number of rotatable bonds is 7. The molecule has 26 heavy (non-hydrogen) atoms. The average Bonchev–Trinajstić information content (AvgIpc) is 3.28. The molecule has 0 atom stereocenters. The lowest BCUT2D eigenvalue weighted by molar-refractivity contribution is -0.146. The van der Waals surface area contributed by atoms with Crippen LogP contribution in [-0.2, 0) is 33.8 Å². The fraction of sp³-hybridized carbons (Fsp3) is 0.375. The molecule has 2 amide bonds. The van der Waals surface area contributed by atoms with E-state index in [0.717, 1.165) is 4.88 Å². The van der Waals surface area contributed by atoms with Crippen molar-refractivity contribution in [1.82, 2.24) is 15.4 Å². The van der Waals surface area contributed by atoms with E-state index < -0.39 is 12.6 Å². The lowest BCUT2D eigenvalue weighted by atomic mass is 10.1. The van der Waals surface area contributed by atoms with E-state index in [0.29, 0.717) is 30.8 Å². The highest BCUT2D eigenvalue weighted by molar-refractivity contribution is 7.09. The second-order valence-corrected chi connectivity index (χ2v) is 6.68. The van der Waals surface area contributed by atoms with Crippen molar-refractivity contribution in [3.63, 3.8) is 0 Å². The van der Waals surface area contributed by atoms with Crippen LogP contribution < -0.4 is 5.32 Å². The van der Waals surface area contributed by atoms with Crippen LogP contribution in [-0.4, -0.2) is 52.7 Å². The van der Waals surface area contributed by atoms with Crippen LogP contribution in [0.15, 0.2) is 22.0 Å². The predicted molar refractivity (Wildman–Crippen MR) is 89.6 cm³/mol. The van der Waals surface area contributed by atoms with Gasteiger partial charge in [0.05, 0.1) is 13.1 Å². The number of aromatic nitrogens is 1. The maximum atomic E-state index is 12.4. The second kappa shape index (κ2) is 8.11. The molecular weight excluding hydrogens is 362 g/mol. The number of fused-ring (bicyclic) bond motifs is 1. The Morgan fingerprint density at radius 1 is 1.38 bits per heavy atom. The van der Waals surface area contributed by atoms with Crippen molar-refractivity contribution < 1.29 is 28.8 Å². The number of ether oxygens (including phenoxy) is 1. The molecule has 2 N–H and O–H groups in total. The maximum Gasteiger partial charge on any atom is 0.329 e. The molecule has 1 aliphatic heterocycles. The molecule has 0 fully saturated rings. The van der Waals surface area contributed by atoms with E-state index in [4.69, 9.17) is 14.4 Å². The Morgan fingerprint density at radius 3 is 2.96 bits per heavy atom. The third-order valence-corrected chi connectivity index (χ3v) is 4.73. The van der Waals surface area contributed by atoms with E-state index in [-0.39, 0.29) is 30.7 Å². The highest BCUT2D eigenvalue weighted by Gasteiger charge is 2.29. The molecule has 9 nitrogen and oxygen atoms in total. The highest BCUT2D eigenvalue weighted by atomic mass is 32.1. The van der Waals surface area contributed by atoms with Gasteiger partial charge in [-0.05, 0) is 11.4 Å². The van der Waals surface area contributed by atoms with Gasteiger partial charge in [0.25, 0.3) is 5.91 Å². The molecule has 0 saturated heterocycles. The molecule has 0 radical (unpaired) electrons. The molecular formula is C16H17N3O6S. The number of amides is 2. The summed E-state index contributed by atoms with van der Waals surface area (Å²) in [5.41, 5.74) is 0.743. The topological polar surface area (TPSA) is 122 Å². The van der Waals surface area contributed by atoms with E-state index >= 15 is 0 Å². The summed E-state index contributed by atoms with van der Waals surface area (Å²) in [5, 5.41) is 17.1. The van der Waals surface area contributed by atoms with Crippen molar-refractivity contribution in [1.29, 1.82) is 0 Å². The van der Waals surface area contributed by atoms with Gasteiger partial charge in [0.15, 0.2) is 5.69 Å². The summed E-state index contributed by atoms with van der Waals surface area (Å²) in [5.74, 6) is -1.26. The van der Waals surface area contributed by atoms with Crippen molar-refractivity contribution in [2.45, 2.75) is 19.5 Å². The summed E-state index contributed by atoms with van der Waals surface area (Å²) < 4.78 is 10.1. The molecule has 3 rings (SSSR count). The quantitative estimate of drug-likeness (QED) is 0.724. The van der Waals surface area contributed by atoms with Gasteiger partial charge >= 0.3 is 5.97 Å². The van der Waals surface area contributed by atoms with E-state index in [9.17, 15) is 14.4 Å². The molecule has 3 heterocycles. The highest BCUT2D eigenvalue weighted by Crippen LogP contribution is 2.22. The number of nitrogens with one attached hydrogen (secondary N) is 1. The zero-order chi connectivity index (χ0) is 18.5. The van der Waals surface area contributed by atoms with Crippen LogP contribution in [0.2, 0.25) is 0 Å². The van der Waals surface area contributed by atoms with Gasteiger partial charge in [-0.15, -0.1) is 11.3 Å². The second-order valence-electron chi connectivity index (χ2n) is 5.65. The molecule has 138 valence electrons. The van der Waals surface area contributed by atoms with Crippen LogP contribution in [0.1, 0.15) is 26.7 Å². The van der Waals surface area contributed by atoms with Crippen molar-refractivity contribution >= 4 is 29.1 Å². The third-order valence-electron chi connectivity index (χ3n) is 3.85. The monoisotopic (exact) mass is 379 g/mol. The molecule has 0 unspecified atom stereocenters. The van der Waals surface area contributed by atoms with Crippen LogP contribution in [0.4, 0.5) is 0 Å². The summed E-state index contributed by atoms with van der Waals surface area (Å²) in [7, 11) is 0.